The lowest BCUT2D eigenvalue weighted by molar-refractivity contribution is 0.0120. The molecule has 2 bridgehead atoms. The summed E-state index contributed by atoms with van der Waals surface area (Å²) in [6.07, 6.45) is 2.88. The Morgan fingerprint density at radius 2 is 1.64 bits per heavy atom. The molecular formula is C10H19N. The summed E-state index contributed by atoms with van der Waals surface area (Å²) in [6, 6.07) is 0. The smallest absolute Gasteiger partial charge is 0.0131 e. The highest BCUT2D eigenvalue weighted by Gasteiger charge is 2.56. The van der Waals surface area contributed by atoms with E-state index >= 15 is 0 Å². The minimum atomic E-state index is 0.0817. The molecular weight excluding hydrogens is 134 g/mol. The molecule has 0 aromatic carbocycles. The van der Waals surface area contributed by atoms with E-state index in [1.807, 2.05) is 0 Å². The van der Waals surface area contributed by atoms with E-state index in [0.29, 0.717) is 0 Å². The minimum Gasteiger partial charge on any atom is -0.325 e. The van der Waals surface area contributed by atoms with E-state index in [9.17, 15) is 0 Å². The van der Waals surface area contributed by atoms with E-state index < -0.39 is 0 Å². The highest BCUT2D eigenvalue weighted by atomic mass is 14.8. The first-order valence-corrected chi connectivity index (χ1v) is 4.80. The maximum absolute atomic E-state index is 6.12. The van der Waals surface area contributed by atoms with Crippen LogP contribution in [0.25, 0.3) is 0 Å². The third kappa shape index (κ3) is 0.868. The molecule has 0 aliphatic heterocycles. The molecule has 2 unspecified atom stereocenters. The number of hydrogen-bond acceptors (Lipinski definition) is 1. The van der Waals surface area contributed by atoms with Crippen LogP contribution in [0.1, 0.15) is 33.6 Å². The van der Waals surface area contributed by atoms with E-state index in [1.54, 1.807) is 0 Å². The molecule has 1 heteroatoms. The zero-order chi connectivity index (χ0) is 8.22. The Morgan fingerprint density at radius 3 is 1.82 bits per heavy atom. The summed E-state index contributed by atoms with van der Waals surface area (Å²) in [7, 11) is 0. The molecule has 2 N–H and O–H groups in total. The first-order chi connectivity index (χ1) is 5.02. The topological polar surface area (TPSA) is 26.0 Å². The quantitative estimate of drug-likeness (QED) is 0.612. The van der Waals surface area contributed by atoms with Gasteiger partial charge in [-0.15, -0.1) is 0 Å². The lowest BCUT2D eigenvalue weighted by atomic mass is 9.57. The lowest BCUT2D eigenvalue weighted by Gasteiger charge is -2.50. The second kappa shape index (κ2) is 2.01. The van der Waals surface area contributed by atoms with Crippen molar-refractivity contribution in [1.29, 1.82) is 0 Å². The third-order valence-electron chi connectivity index (χ3n) is 3.97. The van der Waals surface area contributed by atoms with E-state index in [1.165, 1.54) is 12.8 Å². The van der Waals surface area contributed by atoms with Crippen molar-refractivity contribution in [2.24, 2.45) is 29.4 Å². The van der Waals surface area contributed by atoms with Crippen LogP contribution in [0.15, 0.2) is 0 Å². The highest BCUT2D eigenvalue weighted by molar-refractivity contribution is 5.08. The van der Waals surface area contributed by atoms with Gasteiger partial charge in [0.25, 0.3) is 0 Å². The molecule has 0 aromatic rings. The Bertz CT molecular complexity index is 156. The zero-order valence-electron chi connectivity index (χ0n) is 7.80. The SMILES string of the molecule is C[C@H]1C2CC[C@H]1C2C(C)(C)N. The first-order valence-electron chi connectivity index (χ1n) is 4.80. The van der Waals surface area contributed by atoms with Crippen molar-refractivity contribution in [3.05, 3.63) is 0 Å². The van der Waals surface area contributed by atoms with Crippen molar-refractivity contribution in [2.45, 2.75) is 39.2 Å². The van der Waals surface area contributed by atoms with Crippen molar-refractivity contribution < 1.29 is 0 Å². The van der Waals surface area contributed by atoms with Crippen LogP contribution in [0.3, 0.4) is 0 Å². The standard InChI is InChI=1S/C10H19N/c1-6-7-4-5-8(6)9(7)10(2,3)11/h6-9H,4-5,11H2,1-3H3/t6-,7-,8?,9?/m1/s1. The number of nitrogens with two attached hydrogens (primary N) is 1. The van der Waals surface area contributed by atoms with Crippen LogP contribution < -0.4 is 5.73 Å². The fourth-order valence-corrected chi connectivity index (χ4v) is 3.52. The molecule has 3 rings (SSSR count). The largest absolute Gasteiger partial charge is 0.325 e. The Balaban J connectivity index is 2.12. The summed E-state index contributed by atoms with van der Waals surface area (Å²) >= 11 is 0. The molecule has 0 spiro atoms. The molecule has 0 saturated heterocycles. The van der Waals surface area contributed by atoms with Crippen molar-refractivity contribution >= 4 is 0 Å². The molecule has 4 atom stereocenters. The first kappa shape index (κ1) is 7.60. The summed E-state index contributed by atoms with van der Waals surface area (Å²) in [4.78, 5) is 0. The number of hydrogen-bond donors (Lipinski definition) is 1. The van der Waals surface area contributed by atoms with Crippen LogP contribution in [-0.2, 0) is 0 Å². The van der Waals surface area contributed by atoms with Gasteiger partial charge in [0, 0.05) is 5.54 Å². The van der Waals surface area contributed by atoms with Gasteiger partial charge in [-0.2, -0.15) is 0 Å². The van der Waals surface area contributed by atoms with E-state index in [0.717, 1.165) is 23.7 Å². The van der Waals surface area contributed by atoms with Crippen LogP contribution in [0.5, 0.6) is 0 Å². The van der Waals surface area contributed by atoms with Gasteiger partial charge in [-0.1, -0.05) is 6.92 Å². The Morgan fingerprint density at radius 1 is 1.18 bits per heavy atom. The molecule has 0 amide bonds. The average Bonchev–Trinajstić information content (AvgIpc) is 2.38. The summed E-state index contributed by atoms with van der Waals surface area (Å²) in [5.74, 6) is 3.72. The van der Waals surface area contributed by atoms with E-state index in [-0.39, 0.29) is 5.54 Å². The second-order valence-electron chi connectivity index (χ2n) is 5.11. The molecule has 64 valence electrons. The molecule has 0 radical (unpaired) electrons. The molecule has 3 aliphatic rings. The summed E-state index contributed by atoms with van der Waals surface area (Å²) in [5, 5.41) is 0. The van der Waals surface area contributed by atoms with Gasteiger partial charge in [0.1, 0.15) is 0 Å². The molecule has 11 heavy (non-hydrogen) atoms. The minimum absolute atomic E-state index is 0.0817. The van der Waals surface area contributed by atoms with Gasteiger partial charge in [-0.3, -0.25) is 0 Å². The molecule has 1 nitrogen and oxygen atoms in total. The van der Waals surface area contributed by atoms with Crippen molar-refractivity contribution in [2.75, 3.05) is 0 Å². The van der Waals surface area contributed by atoms with Gasteiger partial charge in [0.05, 0.1) is 0 Å². The van der Waals surface area contributed by atoms with Gasteiger partial charge in [-0.05, 0) is 50.4 Å². The summed E-state index contributed by atoms with van der Waals surface area (Å²) in [5.41, 5.74) is 6.21. The van der Waals surface area contributed by atoms with Crippen molar-refractivity contribution in [1.82, 2.24) is 0 Å². The van der Waals surface area contributed by atoms with Gasteiger partial charge in [0.2, 0.25) is 0 Å². The highest BCUT2D eigenvalue weighted by Crippen LogP contribution is 2.60. The van der Waals surface area contributed by atoms with Gasteiger partial charge >= 0.3 is 0 Å². The average molecular weight is 153 g/mol. The molecule has 0 heterocycles. The fourth-order valence-electron chi connectivity index (χ4n) is 3.52. The Labute approximate surface area is 69.4 Å². The maximum atomic E-state index is 6.12. The van der Waals surface area contributed by atoms with E-state index in [2.05, 4.69) is 20.8 Å². The maximum Gasteiger partial charge on any atom is 0.0131 e. The third-order valence-corrected chi connectivity index (χ3v) is 3.97. The van der Waals surface area contributed by atoms with Crippen LogP contribution in [0, 0.1) is 23.7 Å². The predicted octanol–water partition coefficient (Wildman–Crippen LogP) is 2.02. The summed E-state index contributed by atoms with van der Waals surface area (Å²) < 4.78 is 0. The van der Waals surface area contributed by atoms with Crippen LogP contribution in [0.2, 0.25) is 0 Å². The van der Waals surface area contributed by atoms with Crippen LogP contribution in [-0.4, -0.2) is 5.54 Å². The molecule has 3 aliphatic carbocycles. The van der Waals surface area contributed by atoms with Gasteiger partial charge in [-0.25, -0.2) is 0 Å². The van der Waals surface area contributed by atoms with Crippen LogP contribution in [0.4, 0.5) is 0 Å². The van der Waals surface area contributed by atoms with Gasteiger partial charge < -0.3 is 5.73 Å². The molecule has 3 saturated carbocycles. The fraction of sp³-hybridized carbons (Fsp3) is 1.00. The normalized spacial score (nSPS) is 49.1. The van der Waals surface area contributed by atoms with Crippen molar-refractivity contribution in [3.63, 3.8) is 0 Å². The molecule has 0 aromatic heterocycles. The lowest BCUT2D eigenvalue weighted by Crippen LogP contribution is -2.54. The number of fused-ring (bicyclic) bond motifs is 1. The summed E-state index contributed by atoms with van der Waals surface area (Å²) in [6.45, 7) is 6.77. The zero-order valence-corrected chi connectivity index (χ0v) is 7.80. The number of rotatable bonds is 1. The predicted molar refractivity (Wildman–Crippen MR) is 47.1 cm³/mol. The van der Waals surface area contributed by atoms with E-state index in [4.69, 9.17) is 5.73 Å². The second-order valence-corrected chi connectivity index (χ2v) is 5.11. The monoisotopic (exact) mass is 153 g/mol. The van der Waals surface area contributed by atoms with Crippen molar-refractivity contribution in [3.8, 4) is 0 Å². The Hall–Kier alpha value is -0.0400. The Kier molecular flexibility index (Phi) is 1.39. The molecule has 3 fully saturated rings. The van der Waals surface area contributed by atoms with Crippen LogP contribution >= 0.6 is 0 Å². The van der Waals surface area contributed by atoms with Gasteiger partial charge in [0.15, 0.2) is 0 Å².